The lowest BCUT2D eigenvalue weighted by molar-refractivity contribution is 0.0555. The second-order valence-electron chi connectivity index (χ2n) is 2.08. The van der Waals surface area contributed by atoms with Crippen molar-refractivity contribution >= 4 is 23.5 Å². The number of halogens is 1. The van der Waals surface area contributed by atoms with Crippen LogP contribution in [-0.4, -0.2) is 24.2 Å². The fourth-order valence-electron chi connectivity index (χ4n) is 0.716. The van der Waals surface area contributed by atoms with Gasteiger partial charge in [0.25, 0.3) is 0 Å². The fraction of sp³-hybridized carbons (Fsp3) is 0.143. The van der Waals surface area contributed by atoms with Gasteiger partial charge in [-0.2, -0.15) is 0 Å². The van der Waals surface area contributed by atoms with Crippen molar-refractivity contribution in [3.05, 3.63) is 22.6 Å². The van der Waals surface area contributed by atoms with Crippen LogP contribution in [0.2, 0.25) is 5.02 Å². The number of esters is 1. The third kappa shape index (κ3) is 1.81. The Kier molecular flexibility index (Phi) is 2.57. The molecule has 1 rings (SSSR count). The maximum Gasteiger partial charge on any atom is 0.374 e. The summed E-state index contributed by atoms with van der Waals surface area (Å²) < 4.78 is 8.92. The number of methoxy groups -OCH3 is 1. The predicted octanol–water partition coefficient (Wildman–Crippen LogP) is 1.42. The number of hydrogen-bond donors (Lipinski definition) is 1. The first-order valence-corrected chi connectivity index (χ1v) is 3.55. The van der Waals surface area contributed by atoms with Gasteiger partial charge >= 0.3 is 11.9 Å². The Labute approximate surface area is 77.9 Å². The van der Waals surface area contributed by atoms with Crippen molar-refractivity contribution in [1.29, 1.82) is 0 Å². The van der Waals surface area contributed by atoms with Gasteiger partial charge in [0.15, 0.2) is 0 Å². The van der Waals surface area contributed by atoms with E-state index in [1.165, 1.54) is 0 Å². The van der Waals surface area contributed by atoms with Crippen molar-refractivity contribution in [2.24, 2.45) is 0 Å². The van der Waals surface area contributed by atoms with Gasteiger partial charge in [-0.1, -0.05) is 11.6 Å². The molecule has 0 aliphatic carbocycles. The molecule has 0 aliphatic rings. The van der Waals surface area contributed by atoms with Crippen molar-refractivity contribution in [3.63, 3.8) is 0 Å². The Balaban J connectivity index is 3.09. The molecule has 13 heavy (non-hydrogen) atoms. The molecule has 1 aromatic heterocycles. The molecule has 0 radical (unpaired) electrons. The van der Waals surface area contributed by atoms with E-state index in [4.69, 9.17) is 16.7 Å². The van der Waals surface area contributed by atoms with E-state index in [1.54, 1.807) is 0 Å². The van der Waals surface area contributed by atoms with Gasteiger partial charge in [0, 0.05) is 6.07 Å². The molecule has 1 N–H and O–H groups in total. The first-order chi connectivity index (χ1) is 6.06. The highest BCUT2D eigenvalue weighted by molar-refractivity contribution is 6.33. The molecule has 6 heteroatoms. The van der Waals surface area contributed by atoms with Crippen LogP contribution in [0.1, 0.15) is 21.1 Å². The van der Waals surface area contributed by atoms with Gasteiger partial charge in [-0.15, -0.1) is 0 Å². The highest BCUT2D eigenvalue weighted by Crippen LogP contribution is 2.21. The van der Waals surface area contributed by atoms with E-state index < -0.39 is 17.7 Å². The van der Waals surface area contributed by atoms with Crippen molar-refractivity contribution in [1.82, 2.24) is 0 Å². The topological polar surface area (TPSA) is 76.7 Å². The van der Waals surface area contributed by atoms with E-state index in [1.807, 2.05) is 0 Å². The first-order valence-electron chi connectivity index (χ1n) is 3.17. The summed E-state index contributed by atoms with van der Waals surface area (Å²) in [5.41, 5.74) is 0. The summed E-state index contributed by atoms with van der Waals surface area (Å²) in [4.78, 5) is 21.2. The van der Waals surface area contributed by atoms with Crippen LogP contribution < -0.4 is 0 Å². The average Bonchev–Trinajstić information content (AvgIpc) is 2.46. The van der Waals surface area contributed by atoms with Crippen molar-refractivity contribution < 1.29 is 23.8 Å². The molecule has 1 aromatic rings. The number of carboxylic acid groups (broad SMARTS) is 1. The Bertz CT molecular complexity index is 354. The third-order valence-corrected chi connectivity index (χ3v) is 1.55. The predicted molar refractivity (Wildman–Crippen MR) is 42.0 cm³/mol. The SMILES string of the molecule is COC(=O)c1cc(Cl)c(C(=O)O)o1. The summed E-state index contributed by atoms with van der Waals surface area (Å²) in [6, 6.07) is 1.09. The van der Waals surface area contributed by atoms with Crippen LogP contribution in [0.3, 0.4) is 0 Å². The van der Waals surface area contributed by atoms with E-state index in [0.29, 0.717) is 0 Å². The van der Waals surface area contributed by atoms with Gasteiger partial charge in [-0.3, -0.25) is 0 Å². The number of hydrogen-bond acceptors (Lipinski definition) is 4. The second kappa shape index (κ2) is 3.49. The zero-order chi connectivity index (χ0) is 10.0. The molecular formula is C7H5ClO5. The molecule has 0 saturated carbocycles. The van der Waals surface area contributed by atoms with Gasteiger partial charge in [0.05, 0.1) is 12.1 Å². The quantitative estimate of drug-likeness (QED) is 0.738. The van der Waals surface area contributed by atoms with E-state index in [2.05, 4.69) is 9.15 Å². The highest BCUT2D eigenvalue weighted by Gasteiger charge is 2.20. The lowest BCUT2D eigenvalue weighted by Gasteiger charge is -1.91. The summed E-state index contributed by atoms with van der Waals surface area (Å²) in [6.45, 7) is 0. The van der Waals surface area contributed by atoms with Crippen molar-refractivity contribution in [2.75, 3.05) is 7.11 Å². The monoisotopic (exact) mass is 204 g/mol. The smallest absolute Gasteiger partial charge is 0.374 e. The lowest BCUT2D eigenvalue weighted by atomic mass is 10.4. The Morgan fingerprint density at radius 2 is 2.23 bits per heavy atom. The maximum absolute atomic E-state index is 10.8. The molecule has 5 nitrogen and oxygen atoms in total. The average molecular weight is 205 g/mol. The molecule has 0 atom stereocenters. The van der Waals surface area contributed by atoms with Gasteiger partial charge in [0.2, 0.25) is 11.5 Å². The van der Waals surface area contributed by atoms with E-state index >= 15 is 0 Å². The lowest BCUT2D eigenvalue weighted by Crippen LogP contribution is -1.99. The summed E-state index contributed by atoms with van der Waals surface area (Å²) in [6.07, 6.45) is 0. The highest BCUT2D eigenvalue weighted by atomic mass is 35.5. The van der Waals surface area contributed by atoms with E-state index in [-0.39, 0.29) is 10.8 Å². The summed E-state index contributed by atoms with van der Waals surface area (Å²) >= 11 is 5.46. The molecule has 70 valence electrons. The van der Waals surface area contributed by atoms with Crippen LogP contribution in [0.4, 0.5) is 0 Å². The van der Waals surface area contributed by atoms with Gasteiger partial charge < -0.3 is 14.3 Å². The molecule has 0 unspecified atom stereocenters. The second-order valence-corrected chi connectivity index (χ2v) is 2.49. The Hall–Kier alpha value is -1.49. The minimum atomic E-state index is -1.33. The first kappa shape index (κ1) is 9.60. The normalized spacial score (nSPS) is 9.69. The molecule has 0 aliphatic heterocycles. The summed E-state index contributed by atoms with van der Waals surface area (Å²) in [7, 11) is 1.15. The minimum Gasteiger partial charge on any atom is -0.475 e. The molecule has 0 bridgehead atoms. The van der Waals surface area contributed by atoms with E-state index in [9.17, 15) is 9.59 Å². The molecule has 1 heterocycles. The number of aromatic carboxylic acids is 1. The number of ether oxygens (including phenoxy) is 1. The minimum absolute atomic E-state index is 0.132. The molecule has 0 spiro atoms. The molecule has 0 saturated heterocycles. The largest absolute Gasteiger partial charge is 0.475 e. The standard InChI is InChI=1S/C7H5ClO5/c1-12-7(11)4-2-3(8)5(13-4)6(9)10/h2H,1H3,(H,9,10). The van der Waals surface area contributed by atoms with Crippen LogP contribution in [0.15, 0.2) is 10.5 Å². The molecule has 0 aromatic carbocycles. The van der Waals surface area contributed by atoms with Gasteiger partial charge in [0.1, 0.15) is 0 Å². The fourth-order valence-corrected chi connectivity index (χ4v) is 0.934. The summed E-state index contributed by atoms with van der Waals surface area (Å²) in [5, 5.41) is 8.37. The zero-order valence-electron chi connectivity index (χ0n) is 6.54. The maximum atomic E-state index is 10.8. The number of rotatable bonds is 2. The van der Waals surface area contributed by atoms with Crippen LogP contribution in [0, 0.1) is 0 Å². The number of carbonyl (C=O) groups is 2. The van der Waals surface area contributed by atoms with Crippen LogP contribution in [-0.2, 0) is 4.74 Å². The van der Waals surface area contributed by atoms with Gasteiger partial charge in [-0.05, 0) is 0 Å². The number of furan rings is 1. The van der Waals surface area contributed by atoms with Crippen LogP contribution >= 0.6 is 11.6 Å². The Morgan fingerprint density at radius 3 is 2.62 bits per heavy atom. The van der Waals surface area contributed by atoms with Crippen molar-refractivity contribution in [2.45, 2.75) is 0 Å². The van der Waals surface area contributed by atoms with Crippen LogP contribution in [0.25, 0.3) is 0 Å². The number of carboxylic acids is 1. The Morgan fingerprint density at radius 1 is 1.62 bits per heavy atom. The number of carbonyl (C=O) groups excluding carboxylic acids is 1. The molecular weight excluding hydrogens is 200 g/mol. The van der Waals surface area contributed by atoms with E-state index in [0.717, 1.165) is 13.2 Å². The van der Waals surface area contributed by atoms with Crippen molar-refractivity contribution in [3.8, 4) is 0 Å². The summed E-state index contributed by atoms with van der Waals surface area (Å²) in [5.74, 6) is -2.80. The molecule has 0 fully saturated rings. The third-order valence-electron chi connectivity index (χ3n) is 1.27. The van der Waals surface area contributed by atoms with Crippen LogP contribution in [0.5, 0.6) is 0 Å². The zero-order valence-corrected chi connectivity index (χ0v) is 7.29. The molecule has 0 amide bonds. The van der Waals surface area contributed by atoms with Gasteiger partial charge in [-0.25, -0.2) is 9.59 Å².